The standard InChI is InChI=1S/C22H21NO8/c1-12-16-6-8-18(13(2)21(16)31-22(25)17(12)10-20(24)29-4)30-11-14-9-15(23(26)27)5-7-19(14)28-3/h5-9H,10-11H2,1-4H3. The van der Waals surface area contributed by atoms with Gasteiger partial charge >= 0.3 is 11.6 Å². The number of nitro benzene ring substituents is 1. The van der Waals surface area contributed by atoms with Gasteiger partial charge < -0.3 is 18.6 Å². The highest BCUT2D eigenvalue weighted by atomic mass is 16.6. The van der Waals surface area contributed by atoms with Gasteiger partial charge in [0.25, 0.3) is 5.69 Å². The first kappa shape index (κ1) is 21.8. The van der Waals surface area contributed by atoms with Gasteiger partial charge in [-0.05, 0) is 37.6 Å². The fourth-order valence-electron chi connectivity index (χ4n) is 3.29. The van der Waals surface area contributed by atoms with Gasteiger partial charge in [0.05, 0.1) is 31.1 Å². The molecule has 2 aromatic carbocycles. The Kier molecular flexibility index (Phi) is 6.24. The lowest BCUT2D eigenvalue weighted by Crippen LogP contribution is -2.16. The molecule has 3 aromatic rings. The summed E-state index contributed by atoms with van der Waals surface area (Å²) in [7, 11) is 2.72. The van der Waals surface area contributed by atoms with Gasteiger partial charge in [0.15, 0.2) is 0 Å². The number of rotatable bonds is 7. The van der Waals surface area contributed by atoms with Crippen molar-refractivity contribution in [3.05, 3.63) is 73.1 Å². The van der Waals surface area contributed by atoms with Gasteiger partial charge in [-0.1, -0.05) is 0 Å². The van der Waals surface area contributed by atoms with E-state index in [-0.39, 0.29) is 24.3 Å². The van der Waals surface area contributed by atoms with Crippen LogP contribution < -0.4 is 15.1 Å². The minimum absolute atomic E-state index is 0.0147. The number of carbonyl (C=O) groups excluding carboxylic acids is 1. The van der Waals surface area contributed by atoms with E-state index in [1.807, 2.05) is 0 Å². The van der Waals surface area contributed by atoms with Crippen LogP contribution in [0.5, 0.6) is 11.5 Å². The van der Waals surface area contributed by atoms with E-state index >= 15 is 0 Å². The quantitative estimate of drug-likeness (QED) is 0.243. The molecule has 0 aliphatic heterocycles. The lowest BCUT2D eigenvalue weighted by molar-refractivity contribution is -0.385. The molecule has 0 N–H and O–H groups in total. The van der Waals surface area contributed by atoms with Gasteiger partial charge in [0, 0.05) is 28.6 Å². The first-order chi connectivity index (χ1) is 14.8. The molecule has 9 nitrogen and oxygen atoms in total. The predicted octanol–water partition coefficient (Wildman–Crippen LogP) is 3.62. The Morgan fingerprint density at radius 3 is 2.45 bits per heavy atom. The van der Waals surface area contributed by atoms with Gasteiger partial charge in [-0.15, -0.1) is 0 Å². The number of fused-ring (bicyclic) bond motifs is 1. The third-order valence-electron chi connectivity index (χ3n) is 5.06. The molecule has 1 aromatic heterocycles. The van der Waals surface area contributed by atoms with E-state index in [1.165, 1.54) is 32.4 Å². The highest BCUT2D eigenvalue weighted by Crippen LogP contribution is 2.31. The minimum Gasteiger partial charge on any atom is -0.496 e. The van der Waals surface area contributed by atoms with Gasteiger partial charge in [-0.25, -0.2) is 4.79 Å². The maximum atomic E-state index is 12.4. The summed E-state index contributed by atoms with van der Waals surface area (Å²) in [6.45, 7) is 3.50. The summed E-state index contributed by atoms with van der Waals surface area (Å²) >= 11 is 0. The molecule has 0 amide bonds. The third kappa shape index (κ3) is 4.35. The molecule has 0 bridgehead atoms. The number of nitro groups is 1. The van der Waals surface area contributed by atoms with Crippen molar-refractivity contribution in [1.29, 1.82) is 0 Å². The molecule has 0 spiro atoms. The zero-order valence-electron chi connectivity index (χ0n) is 17.5. The van der Waals surface area contributed by atoms with Crippen LogP contribution in [-0.2, 0) is 22.6 Å². The van der Waals surface area contributed by atoms with Crippen molar-refractivity contribution in [3.8, 4) is 11.5 Å². The second-order valence-corrected chi connectivity index (χ2v) is 6.85. The molecule has 0 saturated carbocycles. The number of aryl methyl sites for hydroxylation is 2. The van der Waals surface area contributed by atoms with E-state index < -0.39 is 16.5 Å². The second-order valence-electron chi connectivity index (χ2n) is 6.85. The van der Waals surface area contributed by atoms with Crippen LogP contribution in [0.25, 0.3) is 11.0 Å². The van der Waals surface area contributed by atoms with Gasteiger partial charge in [0.2, 0.25) is 0 Å². The number of hydrogen-bond donors (Lipinski definition) is 0. The first-order valence-corrected chi connectivity index (χ1v) is 9.33. The van der Waals surface area contributed by atoms with E-state index in [0.717, 1.165) is 0 Å². The number of carbonyl (C=O) groups is 1. The number of benzene rings is 2. The fraction of sp³-hybridized carbons (Fsp3) is 0.273. The van der Waals surface area contributed by atoms with Crippen LogP contribution in [0.4, 0.5) is 5.69 Å². The van der Waals surface area contributed by atoms with Crippen LogP contribution in [0.1, 0.15) is 22.3 Å². The highest BCUT2D eigenvalue weighted by molar-refractivity contribution is 5.86. The second kappa shape index (κ2) is 8.86. The molecule has 31 heavy (non-hydrogen) atoms. The average Bonchev–Trinajstić information content (AvgIpc) is 2.76. The Morgan fingerprint density at radius 2 is 1.81 bits per heavy atom. The van der Waals surface area contributed by atoms with Crippen LogP contribution in [0.2, 0.25) is 0 Å². The van der Waals surface area contributed by atoms with E-state index in [1.54, 1.807) is 26.0 Å². The van der Waals surface area contributed by atoms with E-state index in [2.05, 4.69) is 4.74 Å². The third-order valence-corrected chi connectivity index (χ3v) is 5.06. The summed E-state index contributed by atoms with van der Waals surface area (Å²) < 4.78 is 21.2. The van der Waals surface area contributed by atoms with Crippen LogP contribution in [0, 0.1) is 24.0 Å². The van der Waals surface area contributed by atoms with Crippen molar-refractivity contribution in [2.24, 2.45) is 0 Å². The number of nitrogens with zero attached hydrogens (tertiary/aromatic N) is 1. The van der Waals surface area contributed by atoms with Crippen molar-refractivity contribution < 1.29 is 28.3 Å². The Morgan fingerprint density at radius 1 is 1.10 bits per heavy atom. The molecule has 9 heteroatoms. The molecule has 162 valence electrons. The Bertz CT molecular complexity index is 1230. The topological polar surface area (TPSA) is 118 Å². The number of ether oxygens (including phenoxy) is 3. The zero-order chi connectivity index (χ0) is 22.7. The molecule has 3 rings (SSSR count). The van der Waals surface area contributed by atoms with Crippen LogP contribution in [-0.4, -0.2) is 25.1 Å². The van der Waals surface area contributed by atoms with E-state index in [4.69, 9.17) is 13.9 Å². The summed E-state index contributed by atoms with van der Waals surface area (Å²) in [4.78, 5) is 34.6. The molecule has 0 unspecified atom stereocenters. The summed E-state index contributed by atoms with van der Waals surface area (Å²) in [6.07, 6.45) is -0.176. The average molecular weight is 427 g/mol. The molecule has 0 fully saturated rings. The zero-order valence-corrected chi connectivity index (χ0v) is 17.5. The molecule has 0 radical (unpaired) electrons. The smallest absolute Gasteiger partial charge is 0.340 e. The maximum absolute atomic E-state index is 12.4. The SMILES string of the molecule is COC(=O)Cc1c(C)c2ccc(OCc3cc([N+](=O)[O-])ccc3OC)c(C)c2oc1=O. The van der Waals surface area contributed by atoms with Crippen molar-refractivity contribution in [2.45, 2.75) is 26.9 Å². The fourth-order valence-corrected chi connectivity index (χ4v) is 3.29. The molecular formula is C22H21NO8. The summed E-state index contributed by atoms with van der Waals surface area (Å²) in [5.41, 5.74) is 1.62. The molecule has 0 atom stereocenters. The molecule has 1 heterocycles. The monoisotopic (exact) mass is 427 g/mol. The Labute approximate surface area is 177 Å². The molecular weight excluding hydrogens is 406 g/mol. The molecule has 0 aliphatic rings. The minimum atomic E-state index is -0.615. The van der Waals surface area contributed by atoms with Crippen molar-refractivity contribution >= 4 is 22.6 Å². The number of hydrogen-bond acceptors (Lipinski definition) is 8. The lowest BCUT2D eigenvalue weighted by atomic mass is 10.0. The lowest BCUT2D eigenvalue weighted by Gasteiger charge is -2.14. The summed E-state index contributed by atoms with van der Waals surface area (Å²) in [5.74, 6) is 0.375. The van der Waals surface area contributed by atoms with Crippen LogP contribution >= 0.6 is 0 Å². The van der Waals surface area contributed by atoms with Gasteiger partial charge in [0.1, 0.15) is 23.7 Å². The normalized spacial score (nSPS) is 10.7. The van der Waals surface area contributed by atoms with E-state index in [0.29, 0.717) is 39.2 Å². The van der Waals surface area contributed by atoms with E-state index in [9.17, 15) is 19.7 Å². The van der Waals surface area contributed by atoms with Crippen molar-refractivity contribution in [1.82, 2.24) is 0 Å². The van der Waals surface area contributed by atoms with Gasteiger partial charge in [-0.3, -0.25) is 14.9 Å². The van der Waals surface area contributed by atoms with Crippen molar-refractivity contribution in [3.63, 3.8) is 0 Å². The van der Waals surface area contributed by atoms with Crippen LogP contribution in [0.3, 0.4) is 0 Å². The molecule has 0 aliphatic carbocycles. The molecule has 0 saturated heterocycles. The Hall–Kier alpha value is -3.88. The number of esters is 1. The summed E-state index contributed by atoms with van der Waals surface area (Å²) in [5, 5.41) is 11.7. The Balaban J connectivity index is 1.96. The summed E-state index contributed by atoms with van der Waals surface area (Å²) in [6, 6.07) is 7.71. The largest absolute Gasteiger partial charge is 0.496 e. The van der Waals surface area contributed by atoms with Gasteiger partial charge in [-0.2, -0.15) is 0 Å². The van der Waals surface area contributed by atoms with Crippen LogP contribution in [0.15, 0.2) is 39.5 Å². The first-order valence-electron chi connectivity index (χ1n) is 9.33. The number of methoxy groups -OCH3 is 2. The predicted molar refractivity (Wildman–Crippen MR) is 112 cm³/mol. The number of non-ortho nitro benzene ring substituents is 1. The highest BCUT2D eigenvalue weighted by Gasteiger charge is 2.18. The maximum Gasteiger partial charge on any atom is 0.340 e. The van der Waals surface area contributed by atoms with Crippen molar-refractivity contribution in [2.75, 3.05) is 14.2 Å².